The highest BCUT2D eigenvalue weighted by molar-refractivity contribution is 7.89. The second-order valence-corrected chi connectivity index (χ2v) is 13.3. The molecule has 0 aliphatic carbocycles. The number of sulfonamides is 1. The number of amides is 1. The number of piperazine rings is 1. The highest BCUT2D eigenvalue weighted by Gasteiger charge is 2.35. The Labute approximate surface area is 266 Å². The summed E-state index contributed by atoms with van der Waals surface area (Å²) >= 11 is 0. The number of fused-ring (bicyclic) bond motifs is 1. The van der Waals surface area contributed by atoms with Crippen LogP contribution in [0, 0.1) is 11.6 Å². The molecule has 13 nitrogen and oxygen atoms in total. The highest BCUT2D eigenvalue weighted by Crippen LogP contribution is 2.32. The zero-order chi connectivity index (χ0) is 33.2. The fraction of sp³-hybridized carbons (Fsp3) is 0.433. The zero-order valence-corrected chi connectivity index (χ0v) is 26.9. The van der Waals surface area contributed by atoms with Crippen molar-refractivity contribution in [2.45, 2.75) is 30.8 Å². The molecule has 2 aliphatic rings. The number of carbonyl (C=O) groups excluding carboxylic acids is 2. The molecular weight excluding hydrogens is 624 g/mol. The minimum absolute atomic E-state index is 0.0192. The van der Waals surface area contributed by atoms with E-state index < -0.39 is 38.6 Å². The van der Waals surface area contributed by atoms with Crippen LogP contribution in [-0.2, 0) is 32.5 Å². The van der Waals surface area contributed by atoms with Crippen LogP contribution in [0.25, 0.3) is 0 Å². The van der Waals surface area contributed by atoms with Gasteiger partial charge in [-0.15, -0.1) is 5.10 Å². The molecule has 0 saturated carbocycles. The Morgan fingerprint density at radius 2 is 1.72 bits per heavy atom. The molecule has 3 heterocycles. The Bertz CT molecular complexity index is 1710. The molecule has 248 valence electrons. The van der Waals surface area contributed by atoms with E-state index >= 15 is 0 Å². The summed E-state index contributed by atoms with van der Waals surface area (Å²) in [7, 11) is 0.479. The lowest BCUT2D eigenvalue weighted by Crippen LogP contribution is -2.44. The summed E-state index contributed by atoms with van der Waals surface area (Å²) < 4.78 is 66.8. The third-order valence-corrected chi connectivity index (χ3v) is 9.83. The van der Waals surface area contributed by atoms with Gasteiger partial charge in [0.2, 0.25) is 10.0 Å². The fourth-order valence-electron chi connectivity index (χ4n) is 5.61. The lowest BCUT2D eigenvalue weighted by atomic mass is 10.1. The molecule has 0 unspecified atom stereocenters. The Hall–Kier alpha value is -4.12. The van der Waals surface area contributed by atoms with Gasteiger partial charge in [0.25, 0.3) is 5.91 Å². The molecule has 5 rings (SSSR count). The number of aromatic nitrogens is 2. The molecule has 1 amide bonds. The van der Waals surface area contributed by atoms with Gasteiger partial charge in [-0.1, -0.05) is 0 Å². The number of hydrogen-bond acceptors (Lipinski definition) is 10. The van der Waals surface area contributed by atoms with Gasteiger partial charge in [0, 0.05) is 81.8 Å². The average Bonchev–Trinajstić information content (AvgIpc) is 3.38. The van der Waals surface area contributed by atoms with Crippen molar-refractivity contribution in [1.29, 1.82) is 0 Å². The number of benzene rings is 2. The maximum absolute atomic E-state index is 13.9. The van der Waals surface area contributed by atoms with Gasteiger partial charge in [0.15, 0.2) is 5.82 Å². The Morgan fingerprint density at radius 1 is 1.02 bits per heavy atom. The van der Waals surface area contributed by atoms with Crippen molar-refractivity contribution in [2.24, 2.45) is 0 Å². The Balaban J connectivity index is 1.47. The molecule has 0 radical (unpaired) electrons. The number of carbonyl (C=O) groups is 2. The summed E-state index contributed by atoms with van der Waals surface area (Å²) in [6, 6.07) is 7.38. The number of likely N-dealkylation sites (N-methyl/N-ethyl adjacent to an activating group) is 1. The average molecular weight is 662 g/mol. The lowest BCUT2D eigenvalue weighted by Gasteiger charge is -2.34. The van der Waals surface area contributed by atoms with Gasteiger partial charge >= 0.3 is 6.09 Å². The number of rotatable bonds is 9. The van der Waals surface area contributed by atoms with Gasteiger partial charge in [-0.05, 0) is 44.3 Å². The molecule has 2 N–H and O–H groups in total. The number of nitrogens with zero attached hydrogens (tertiary/aromatic N) is 5. The first-order chi connectivity index (χ1) is 21.9. The topological polar surface area (TPSA) is 138 Å². The van der Waals surface area contributed by atoms with E-state index in [1.165, 1.54) is 7.11 Å². The second-order valence-electron chi connectivity index (χ2n) is 11.3. The van der Waals surface area contributed by atoms with Gasteiger partial charge in [-0.2, -0.15) is 8.99 Å². The van der Waals surface area contributed by atoms with E-state index in [-0.39, 0.29) is 42.5 Å². The minimum Gasteiger partial charge on any atom is -0.451 e. The highest BCUT2D eigenvalue weighted by atomic mass is 32.2. The van der Waals surface area contributed by atoms with Gasteiger partial charge in [0.1, 0.15) is 11.6 Å². The predicted octanol–water partition coefficient (Wildman–Crippen LogP) is 2.97. The van der Waals surface area contributed by atoms with Crippen LogP contribution in [0.2, 0.25) is 0 Å². The smallest absolute Gasteiger partial charge is 0.434 e. The molecule has 1 saturated heterocycles. The summed E-state index contributed by atoms with van der Waals surface area (Å²) in [5.74, 6) is -2.67. The van der Waals surface area contributed by atoms with Crippen molar-refractivity contribution < 1.29 is 36.3 Å². The third kappa shape index (κ3) is 6.99. The Kier molecular flexibility index (Phi) is 9.91. The van der Waals surface area contributed by atoms with E-state index in [2.05, 4.69) is 32.6 Å². The van der Waals surface area contributed by atoms with Crippen LogP contribution >= 0.6 is 0 Å². The van der Waals surface area contributed by atoms with E-state index in [1.807, 2.05) is 19.1 Å². The summed E-state index contributed by atoms with van der Waals surface area (Å²) in [5.41, 5.74) is 2.38. The number of ether oxygens (including phenoxy) is 2. The van der Waals surface area contributed by atoms with Crippen LogP contribution in [0.1, 0.15) is 28.5 Å². The van der Waals surface area contributed by atoms with E-state index in [0.717, 1.165) is 53.0 Å². The van der Waals surface area contributed by atoms with Crippen molar-refractivity contribution in [1.82, 2.24) is 19.0 Å². The van der Waals surface area contributed by atoms with E-state index in [9.17, 15) is 26.8 Å². The Morgan fingerprint density at radius 3 is 2.37 bits per heavy atom. The summed E-state index contributed by atoms with van der Waals surface area (Å²) in [6.45, 7) is 5.34. The third-order valence-electron chi connectivity index (χ3n) is 8.01. The zero-order valence-electron chi connectivity index (χ0n) is 26.0. The van der Waals surface area contributed by atoms with Crippen LogP contribution in [0.4, 0.5) is 30.8 Å². The summed E-state index contributed by atoms with van der Waals surface area (Å²) in [5, 5.41) is 10.4. The predicted molar refractivity (Wildman–Crippen MR) is 167 cm³/mol. The molecular formula is C30H37F2N7O6S. The number of hydrogen-bond donors (Lipinski definition) is 2. The SMILES string of the molecule is COC[C@@H](C)Nc1cc(N2CCN(C)CC2)ccc1C(=O)Nc1nn(C(=O)OC)c2c1CN(S(=O)(=O)c1cc(F)cc(F)c1)CC2. The molecule has 2 aromatic carbocycles. The van der Waals surface area contributed by atoms with Crippen LogP contribution in [-0.4, -0.2) is 106 Å². The van der Waals surface area contributed by atoms with Crippen molar-refractivity contribution >= 4 is 39.2 Å². The van der Waals surface area contributed by atoms with Crippen LogP contribution in [0.5, 0.6) is 0 Å². The van der Waals surface area contributed by atoms with Crippen molar-refractivity contribution in [3.8, 4) is 0 Å². The number of methoxy groups -OCH3 is 2. The second kappa shape index (κ2) is 13.7. The maximum atomic E-state index is 13.9. The lowest BCUT2D eigenvalue weighted by molar-refractivity contribution is 0.102. The summed E-state index contributed by atoms with van der Waals surface area (Å²) in [6.07, 6.45) is -0.807. The number of halogens is 2. The minimum atomic E-state index is -4.35. The van der Waals surface area contributed by atoms with Gasteiger partial charge in [0.05, 0.1) is 29.9 Å². The van der Waals surface area contributed by atoms with Gasteiger partial charge in [-0.3, -0.25) is 4.79 Å². The molecule has 1 aromatic heterocycles. The first kappa shape index (κ1) is 33.2. The number of nitrogens with one attached hydrogen (secondary N) is 2. The largest absolute Gasteiger partial charge is 0.451 e. The van der Waals surface area contributed by atoms with E-state index in [1.54, 1.807) is 13.2 Å². The molecule has 1 atom stereocenters. The van der Waals surface area contributed by atoms with E-state index in [0.29, 0.717) is 24.1 Å². The van der Waals surface area contributed by atoms with Crippen molar-refractivity contribution in [2.75, 3.05) is 76.1 Å². The first-order valence-electron chi connectivity index (χ1n) is 14.7. The normalized spacial score (nSPS) is 16.5. The molecule has 3 aromatic rings. The summed E-state index contributed by atoms with van der Waals surface area (Å²) in [4.78, 5) is 30.4. The fourth-order valence-corrected chi connectivity index (χ4v) is 7.06. The standard InChI is InChI=1S/C30H37F2N7O6S/c1-19(18-44-3)33-26-16-22(37-11-9-36(2)10-12-37)5-6-24(26)29(40)34-28-25-17-38(8-7-27(25)39(35-28)30(41)45-4)46(42,43)23-14-20(31)13-21(32)15-23/h5-6,13-16,19,33H,7-12,17-18H2,1-4H3,(H,34,35,40)/t19-/m1/s1. The molecule has 0 spiro atoms. The quantitative estimate of drug-likeness (QED) is 0.352. The monoisotopic (exact) mass is 661 g/mol. The van der Waals surface area contributed by atoms with Crippen LogP contribution in [0.3, 0.4) is 0 Å². The molecule has 2 aliphatic heterocycles. The van der Waals surface area contributed by atoms with Crippen molar-refractivity contribution in [3.63, 3.8) is 0 Å². The maximum Gasteiger partial charge on any atom is 0.434 e. The van der Waals surface area contributed by atoms with Crippen LogP contribution < -0.4 is 15.5 Å². The molecule has 16 heteroatoms. The molecule has 0 bridgehead atoms. The van der Waals surface area contributed by atoms with Crippen molar-refractivity contribution in [3.05, 3.63) is 64.9 Å². The molecule has 46 heavy (non-hydrogen) atoms. The van der Waals surface area contributed by atoms with Crippen LogP contribution in [0.15, 0.2) is 41.3 Å². The first-order valence-corrected chi connectivity index (χ1v) is 16.1. The van der Waals surface area contributed by atoms with Gasteiger partial charge < -0.3 is 29.9 Å². The molecule has 1 fully saturated rings. The number of anilines is 3. The van der Waals surface area contributed by atoms with E-state index in [4.69, 9.17) is 9.47 Å². The van der Waals surface area contributed by atoms with Gasteiger partial charge in [-0.25, -0.2) is 22.0 Å².